The van der Waals surface area contributed by atoms with Gasteiger partial charge in [0.15, 0.2) is 0 Å². The van der Waals surface area contributed by atoms with E-state index in [9.17, 15) is 4.79 Å². The van der Waals surface area contributed by atoms with Gasteiger partial charge >= 0.3 is 5.97 Å². The molecule has 22 heavy (non-hydrogen) atoms. The van der Waals surface area contributed by atoms with Crippen LogP contribution in [-0.4, -0.2) is 12.6 Å². The highest BCUT2D eigenvalue weighted by atomic mass is 35.5. The van der Waals surface area contributed by atoms with Gasteiger partial charge in [0, 0.05) is 16.7 Å². The third kappa shape index (κ3) is 3.70. The van der Waals surface area contributed by atoms with Crippen LogP contribution in [0.15, 0.2) is 40.3 Å². The average molecular weight is 336 g/mol. The van der Waals surface area contributed by atoms with Gasteiger partial charge in [-0.1, -0.05) is 23.2 Å². The summed E-state index contributed by atoms with van der Waals surface area (Å²) in [5.41, 5.74) is 0.489. The quantitative estimate of drug-likeness (QED) is 0.460. The standard InChI is InChI=1S/C16H11Cl2NO3/c1-2-21-16(20)10(9-19)7-12-4-6-15(22-12)13-8-11(17)3-5-14(13)18/h3-8H,2H2,1H3/b10-7+. The summed E-state index contributed by atoms with van der Waals surface area (Å²) in [7, 11) is 0. The largest absolute Gasteiger partial charge is 0.462 e. The zero-order valence-corrected chi connectivity index (χ0v) is 13.1. The molecule has 1 heterocycles. The number of hydrogen-bond donors (Lipinski definition) is 0. The Kier molecular flexibility index (Phi) is 5.26. The molecule has 0 bridgehead atoms. The normalized spacial score (nSPS) is 11.1. The summed E-state index contributed by atoms with van der Waals surface area (Å²) in [4.78, 5) is 11.6. The molecule has 2 aromatic rings. The Hall–Kier alpha value is -2.22. The van der Waals surface area contributed by atoms with Crippen LogP contribution in [0.1, 0.15) is 12.7 Å². The average Bonchev–Trinajstić information content (AvgIpc) is 2.96. The van der Waals surface area contributed by atoms with Gasteiger partial charge in [-0.15, -0.1) is 0 Å². The number of hydrogen-bond acceptors (Lipinski definition) is 4. The monoisotopic (exact) mass is 335 g/mol. The molecule has 1 aromatic carbocycles. The minimum atomic E-state index is -0.691. The van der Waals surface area contributed by atoms with Gasteiger partial charge in [0.2, 0.25) is 0 Å². The molecule has 0 amide bonds. The van der Waals surface area contributed by atoms with E-state index in [4.69, 9.17) is 37.6 Å². The molecule has 1 aromatic heterocycles. The first-order valence-electron chi connectivity index (χ1n) is 6.39. The van der Waals surface area contributed by atoms with Crippen LogP contribution in [0, 0.1) is 11.3 Å². The summed E-state index contributed by atoms with van der Waals surface area (Å²) in [5.74, 6) is 0.138. The minimum absolute atomic E-state index is 0.139. The molecule has 6 heteroatoms. The van der Waals surface area contributed by atoms with Crippen molar-refractivity contribution in [3.8, 4) is 17.4 Å². The molecule has 0 N–H and O–H groups in total. The predicted octanol–water partition coefficient (Wildman–Crippen LogP) is 4.72. The fourth-order valence-corrected chi connectivity index (χ4v) is 2.13. The van der Waals surface area contributed by atoms with Gasteiger partial charge in [-0.05, 0) is 37.3 Å². The summed E-state index contributed by atoms with van der Waals surface area (Å²) in [5, 5.41) is 10.0. The van der Waals surface area contributed by atoms with Gasteiger partial charge in [0.05, 0.1) is 11.6 Å². The molecule has 0 aliphatic carbocycles. The van der Waals surface area contributed by atoms with Crippen LogP contribution in [-0.2, 0) is 9.53 Å². The fraction of sp³-hybridized carbons (Fsp3) is 0.125. The van der Waals surface area contributed by atoms with Crippen LogP contribution in [0.4, 0.5) is 0 Å². The van der Waals surface area contributed by atoms with E-state index in [2.05, 4.69) is 0 Å². The number of benzene rings is 1. The van der Waals surface area contributed by atoms with E-state index in [-0.39, 0.29) is 12.2 Å². The van der Waals surface area contributed by atoms with Gasteiger partial charge in [0.25, 0.3) is 0 Å². The van der Waals surface area contributed by atoms with E-state index < -0.39 is 5.97 Å². The van der Waals surface area contributed by atoms with Crippen molar-refractivity contribution >= 4 is 35.2 Å². The van der Waals surface area contributed by atoms with Crippen LogP contribution >= 0.6 is 23.2 Å². The van der Waals surface area contributed by atoms with Crippen LogP contribution in [0.25, 0.3) is 17.4 Å². The van der Waals surface area contributed by atoms with E-state index >= 15 is 0 Å². The Morgan fingerprint density at radius 2 is 2.14 bits per heavy atom. The van der Waals surface area contributed by atoms with E-state index in [1.807, 2.05) is 0 Å². The number of rotatable bonds is 4. The van der Waals surface area contributed by atoms with Crippen LogP contribution < -0.4 is 0 Å². The molecule has 0 aliphatic heterocycles. The summed E-state index contributed by atoms with van der Waals surface area (Å²) in [6, 6.07) is 10.1. The number of halogens is 2. The summed E-state index contributed by atoms with van der Waals surface area (Å²) in [6.07, 6.45) is 1.32. The maximum Gasteiger partial charge on any atom is 0.349 e. The Balaban J connectivity index is 2.34. The molecular formula is C16H11Cl2NO3. The van der Waals surface area contributed by atoms with Crippen LogP contribution in [0.5, 0.6) is 0 Å². The van der Waals surface area contributed by atoms with E-state index in [1.165, 1.54) is 6.08 Å². The number of esters is 1. The molecule has 0 fully saturated rings. The molecular weight excluding hydrogens is 325 g/mol. The molecule has 0 saturated carbocycles. The minimum Gasteiger partial charge on any atom is -0.462 e. The second-order valence-electron chi connectivity index (χ2n) is 4.22. The molecule has 2 rings (SSSR count). The summed E-state index contributed by atoms with van der Waals surface area (Å²) >= 11 is 12.0. The molecule has 0 atom stereocenters. The maximum absolute atomic E-state index is 11.6. The van der Waals surface area contributed by atoms with Crippen molar-refractivity contribution in [2.45, 2.75) is 6.92 Å². The van der Waals surface area contributed by atoms with Crippen molar-refractivity contribution in [1.82, 2.24) is 0 Å². The second-order valence-corrected chi connectivity index (χ2v) is 5.06. The second kappa shape index (κ2) is 7.17. The van der Waals surface area contributed by atoms with Gasteiger partial charge in [-0.3, -0.25) is 0 Å². The Morgan fingerprint density at radius 3 is 2.82 bits per heavy atom. The van der Waals surface area contributed by atoms with Gasteiger partial charge in [-0.25, -0.2) is 4.79 Å². The summed E-state index contributed by atoms with van der Waals surface area (Å²) in [6.45, 7) is 1.86. The number of nitriles is 1. The number of nitrogens with zero attached hydrogens (tertiary/aromatic N) is 1. The van der Waals surface area contributed by atoms with E-state index in [0.29, 0.717) is 27.1 Å². The highest BCUT2D eigenvalue weighted by Gasteiger charge is 2.13. The van der Waals surface area contributed by atoms with Gasteiger partial charge in [0.1, 0.15) is 23.2 Å². The topological polar surface area (TPSA) is 63.2 Å². The van der Waals surface area contributed by atoms with Crippen molar-refractivity contribution in [2.24, 2.45) is 0 Å². The first-order chi connectivity index (χ1) is 10.5. The van der Waals surface area contributed by atoms with Crippen molar-refractivity contribution in [1.29, 1.82) is 5.26 Å². The van der Waals surface area contributed by atoms with Crippen LogP contribution in [0.2, 0.25) is 10.0 Å². The SMILES string of the molecule is CCOC(=O)/C(C#N)=C/c1ccc(-c2cc(Cl)ccc2Cl)o1. The Morgan fingerprint density at radius 1 is 1.36 bits per heavy atom. The predicted molar refractivity (Wildman–Crippen MR) is 84.4 cm³/mol. The van der Waals surface area contributed by atoms with Gasteiger partial charge in [-0.2, -0.15) is 5.26 Å². The lowest BCUT2D eigenvalue weighted by Crippen LogP contribution is -2.05. The fourth-order valence-electron chi connectivity index (χ4n) is 1.75. The van der Waals surface area contributed by atoms with Crippen molar-refractivity contribution in [3.05, 3.63) is 51.7 Å². The lowest BCUT2D eigenvalue weighted by Gasteiger charge is -2.01. The number of carbonyl (C=O) groups is 1. The molecule has 0 saturated heterocycles. The zero-order valence-electron chi connectivity index (χ0n) is 11.6. The van der Waals surface area contributed by atoms with E-state index in [1.54, 1.807) is 43.3 Å². The molecule has 0 unspecified atom stereocenters. The number of ether oxygens (including phenoxy) is 1. The van der Waals surface area contributed by atoms with Crippen LogP contribution in [0.3, 0.4) is 0 Å². The van der Waals surface area contributed by atoms with Crippen molar-refractivity contribution < 1.29 is 13.9 Å². The van der Waals surface area contributed by atoms with Crippen molar-refractivity contribution in [2.75, 3.05) is 6.61 Å². The molecule has 0 radical (unpaired) electrons. The maximum atomic E-state index is 11.6. The Labute approximate surface area is 137 Å². The lowest BCUT2D eigenvalue weighted by atomic mass is 10.2. The lowest BCUT2D eigenvalue weighted by molar-refractivity contribution is -0.137. The number of furan rings is 1. The molecule has 4 nitrogen and oxygen atoms in total. The molecule has 0 aliphatic rings. The Bertz CT molecular complexity index is 772. The number of carbonyl (C=O) groups excluding carboxylic acids is 1. The molecule has 112 valence electrons. The third-order valence-electron chi connectivity index (χ3n) is 2.72. The smallest absolute Gasteiger partial charge is 0.349 e. The zero-order chi connectivity index (χ0) is 16.1. The highest BCUT2D eigenvalue weighted by Crippen LogP contribution is 2.32. The van der Waals surface area contributed by atoms with Gasteiger partial charge < -0.3 is 9.15 Å². The first-order valence-corrected chi connectivity index (χ1v) is 7.15. The third-order valence-corrected chi connectivity index (χ3v) is 3.29. The van der Waals surface area contributed by atoms with Crippen molar-refractivity contribution in [3.63, 3.8) is 0 Å². The highest BCUT2D eigenvalue weighted by molar-refractivity contribution is 6.35. The first kappa shape index (κ1) is 16.2. The summed E-state index contributed by atoms with van der Waals surface area (Å²) < 4.78 is 10.4. The van der Waals surface area contributed by atoms with E-state index in [0.717, 1.165) is 0 Å². The molecule has 0 spiro atoms.